The molecule has 0 bridgehead atoms. The molecule has 1 saturated carbocycles. The summed E-state index contributed by atoms with van der Waals surface area (Å²) >= 11 is 5.52. The maximum atomic E-state index is 7.41. The molecular weight excluding hydrogens is 296 g/mol. The van der Waals surface area contributed by atoms with Gasteiger partial charge in [-0.25, -0.2) is 0 Å². The Bertz CT molecular complexity index is 414. The number of rotatable bonds is 3. The number of thioether (sulfide) groups is 1. The number of hydrogen-bond donors (Lipinski definition) is 2. The molecular formula is C13H17BrN2S. The van der Waals surface area contributed by atoms with Gasteiger partial charge in [0, 0.05) is 20.2 Å². The first-order chi connectivity index (χ1) is 8.16. The average Bonchev–Trinajstić information content (AvgIpc) is 2.33. The van der Waals surface area contributed by atoms with Gasteiger partial charge in [-0.05, 0) is 40.9 Å². The van der Waals surface area contributed by atoms with Crippen LogP contribution < -0.4 is 5.73 Å². The summed E-state index contributed by atoms with van der Waals surface area (Å²) in [6, 6.07) is 5.94. The summed E-state index contributed by atoms with van der Waals surface area (Å²) in [5.41, 5.74) is 6.25. The Kier molecular flexibility index (Phi) is 4.51. The van der Waals surface area contributed by atoms with Crippen molar-refractivity contribution in [1.29, 1.82) is 5.41 Å². The highest BCUT2D eigenvalue weighted by Crippen LogP contribution is 2.37. The largest absolute Gasteiger partial charge is 0.384 e. The van der Waals surface area contributed by atoms with E-state index in [1.54, 1.807) is 0 Å². The van der Waals surface area contributed by atoms with Crippen LogP contribution in [-0.2, 0) is 0 Å². The summed E-state index contributed by atoms with van der Waals surface area (Å²) in [5, 5.41) is 8.16. The molecule has 2 rings (SSSR count). The monoisotopic (exact) mass is 312 g/mol. The molecule has 0 spiro atoms. The van der Waals surface area contributed by atoms with Crippen LogP contribution in [0.5, 0.6) is 0 Å². The standard InChI is InChI=1S/C13H17BrN2S/c14-11-8-9(13(15)16)6-7-12(11)17-10-4-2-1-3-5-10/h6-8,10H,1-5H2,(H3,15,16). The van der Waals surface area contributed by atoms with E-state index in [0.717, 1.165) is 15.3 Å². The van der Waals surface area contributed by atoms with Gasteiger partial charge in [-0.2, -0.15) is 0 Å². The average molecular weight is 313 g/mol. The lowest BCUT2D eigenvalue weighted by Gasteiger charge is -2.21. The topological polar surface area (TPSA) is 49.9 Å². The maximum absolute atomic E-state index is 7.41. The Balaban J connectivity index is 2.08. The highest BCUT2D eigenvalue weighted by molar-refractivity contribution is 9.10. The zero-order chi connectivity index (χ0) is 12.3. The Labute approximate surface area is 115 Å². The van der Waals surface area contributed by atoms with Gasteiger partial charge < -0.3 is 5.73 Å². The second kappa shape index (κ2) is 5.91. The van der Waals surface area contributed by atoms with Crippen LogP contribution in [0.3, 0.4) is 0 Å². The van der Waals surface area contributed by atoms with Gasteiger partial charge in [0.15, 0.2) is 0 Å². The third kappa shape index (κ3) is 3.49. The third-order valence-electron chi connectivity index (χ3n) is 3.09. The quantitative estimate of drug-likeness (QED) is 0.650. The second-order valence-corrected chi connectivity index (χ2v) is 6.63. The van der Waals surface area contributed by atoms with Crippen LogP contribution in [0.1, 0.15) is 37.7 Å². The fourth-order valence-electron chi connectivity index (χ4n) is 2.13. The molecule has 1 aliphatic rings. The van der Waals surface area contributed by atoms with Crippen molar-refractivity contribution in [1.82, 2.24) is 0 Å². The van der Waals surface area contributed by atoms with Crippen molar-refractivity contribution in [3.63, 3.8) is 0 Å². The first-order valence-corrected chi connectivity index (χ1v) is 7.64. The predicted molar refractivity (Wildman–Crippen MR) is 77.9 cm³/mol. The smallest absolute Gasteiger partial charge is 0.122 e. The van der Waals surface area contributed by atoms with E-state index in [9.17, 15) is 0 Å². The highest BCUT2D eigenvalue weighted by Gasteiger charge is 2.16. The molecule has 92 valence electrons. The molecule has 1 aromatic carbocycles. The first kappa shape index (κ1) is 13.0. The minimum Gasteiger partial charge on any atom is -0.384 e. The highest BCUT2D eigenvalue weighted by atomic mass is 79.9. The van der Waals surface area contributed by atoms with Crippen molar-refractivity contribution in [3.05, 3.63) is 28.2 Å². The number of hydrogen-bond acceptors (Lipinski definition) is 2. The van der Waals surface area contributed by atoms with Crippen LogP contribution in [0.2, 0.25) is 0 Å². The second-order valence-electron chi connectivity index (χ2n) is 4.44. The Hall–Kier alpha value is -0.480. The molecule has 1 aromatic rings. The molecule has 0 amide bonds. The zero-order valence-corrected chi connectivity index (χ0v) is 12.1. The van der Waals surface area contributed by atoms with Crippen LogP contribution in [0, 0.1) is 5.41 Å². The van der Waals surface area contributed by atoms with Crippen molar-refractivity contribution in [2.24, 2.45) is 5.73 Å². The van der Waals surface area contributed by atoms with Gasteiger partial charge in [-0.15, -0.1) is 11.8 Å². The van der Waals surface area contributed by atoms with Gasteiger partial charge in [0.2, 0.25) is 0 Å². The number of nitrogens with one attached hydrogen (secondary N) is 1. The van der Waals surface area contributed by atoms with Crippen molar-refractivity contribution in [2.75, 3.05) is 0 Å². The van der Waals surface area contributed by atoms with Gasteiger partial charge in [0.25, 0.3) is 0 Å². The molecule has 0 radical (unpaired) electrons. The minimum absolute atomic E-state index is 0.125. The molecule has 0 atom stereocenters. The van der Waals surface area contributed by atoms with Gasteiger partial charge in [0.05, 0.1) is 0 Å². The van der Waals surface area contributed by atoms with Gasteiger partial charge in [-0.3, -0.25) is 5.41 Å². The molecule has 17 heavy (non-hydrogen) atoms. The summed E-state index contributed by atoms with van der Waals surface area (Å²) in [6.45, 7) is 0. The lowest BCUT2D eigenvalue weighted by atomic mass is 10.0. The van der Waals surface area contributed by atoms with E-state index in [1.807, 2.05) is 23.9 Å². The summed E-state index contributed by atoms with van der Waals surface area (Å²) in [5.74, 6) is 0.125. The van der Waals surface area contributed by atoms with Gasteiger partial charge >= 0.3 is 0 Å². The van der Waals surface area contributed by atoms with E-state index in [2.05, 4.69) is 22.0 Å². The fraction of sp³-hybridized carbons (Fsp3) is 0.462. The predicted octanol–water partition coefficient (Wildman–Crippen LogP) is 4.16. The molecule has 4 heteroatoms. The van der Waals surface area contributed by atoms with E-state index in [0.29, 0.717) is 0 Å². The number of halogens is 1. The molecule has 0 heterocycles. The molecule has 0 saturated heterocycles. The van der Waals surface area contributed by atoms with Crippen LogP contribution >= 0.6 is 27.7 Å². The molecule has 0 aliphatic heterocycles. The van der Waals surface area contributed by atoms with E-state index in [1.165, 1.54) is 37.0 Å². The lowest BCUT2D eigenvalue weighted by molar-refractivity contribution is 0.516. The summed E-state index contributed by atoms with van der Waals surface area (Å²) in [4.78, 5) is 1.27. The van der Waals surface area contributed by atoms with E-state index >= 15 is 0 Å². The number of nitrogens with two attached hydrogens (primary N) is 1. The van der Waals surface area contributed by atoms with Crippen molar-refractivity contribution < 1.29 is 0 Å². The van der Waals surface area contributed by atoms with Gasteiger partial charge in [0.1, 0.15) is 5.84 Å². The molecule has 2 nitrogen and oxygen atoms in total. The lowest BCUT2D eigenvalue weighted by Crippen LogP contribution is -2.11. The maximum Gasteiger partial charge on any atom is 0.122 e. The van der Waals surface area contributed by atoms with Crippen molar-refractivity contribution >= 4 is 33.5 Å². The Morgan fingerprint density at radius 1 is 1.29 bits per heavy atom. The summed E-state index contributed by atoms with van der Waals surface area (Å²) < 4.78 is 1.06. The number of nitrogen functional groups attached to an aromatic ring is 1. The first-order valence-electron chi connectivity index (χ1n) is 5.97. The third-order valence-corrected chi connectivity index (χ3v) is 5.42. The Morgan fingerprint density at radius 2 is 2.00 bits per heavy atom. The molecule has 1 fully saturated rings. The minimum atomic E-state index is 0.125. The van der Waals surface area contributed by atoms with E-state index in [-0.39, 0.29) is 5.84 Å². The fourth-order valence-corrected chi connectivity index (χ4v) is 4.03. The Morgan fingerprint density at radius 3 is 2.59 bits per heavy atom. The molecule has 1 aliphatic carbocycles. The van der Waals surface area contributed by atoms with Crippen LogP contribution in [0.25, 0.3) is 0 Å². The van der Waals surface area contributed by atoms with E-state index < -0.39 is 0 Å². The molecule has 0 aromatic heterocycles. The van der Waals surface area contributed by atoms with Crippen molar-refractivity contribution in [2.45, 2.75) is 42.2 Å². The molecule has 0 unspecified atom stereocenters. The number of benzene rings is 1. The van der Waals surface area contributed by atoms with Gasteiger partial charge in [-0.1, -0.05) is 25.3 Å². The molecule has 3 N–H and O–H groups in total. The van der Waals surface area contributed by atoms with Crippen LogP contribution in [0.4, 0.5) is 0 Å². The summed E-state index contributed by atoms with van der Waals surface area (Å²) in [6.07, 6.45) is 6.76. The number of amidine groups is 1. The normalized spacial score (nSPS) is 17.0. The van der Waals surface area contributed by atoms with E-state index in [4.69, 9.17) is 11.1 Å². The summed E-state index contributed by atoms with van der Waals surface area (Å²) in [7, 11) is 0. The SMILES string of the molecule is N=C(N)c1ccc(SC2CCCCC2)c(Br)c1. The van der Waals surface area contributed by atoms with Crippen molar-refractivity contribution in [3.8, 4) is 0 Å². The van der Waals surface area contributed by atoms with Crippen LogP contribution in [0.15, 0.2) is 27.6 Å². The van der Waals surface area contributed by atoms with Crippen LogP contribution in [-0.4, -0.2) is 11.1 Å². The zero-order valence-electron chi connectivity index (χ0n) is 9.71.